The van der Waals surface area contributed by atoms with Gasteiger partial charge in [-0.3, -0.25) is 9.80 Å². The number of piperazine rings is 1. The molecular formula is C19H19N5OS2. The van der Waals surface area contributed by atoms with Gasteiger partial charge in [-0.15, -0.1) is 11.3 Å². The fraction of sp³-hybridized carbons (Fsp3) is 0.316. The Morgan fingerprint density at radius 1 is 0.963 bits per heavy atom. The van der Waals surface area contributed by atoms with Crippen molar-refractivity contribution in [1.82, 2.24) is 24.9 Å². The molecule has 6 nitrogen and oxygen atoms in total. The van der Waals surface area contributed by atoms with E-state index in [0.29, 0.717) is 18.3 Å². The lowest BCUT2D eigenvalue weighted by atomic mass is 10.3. The average molecular weight is 398 g/mol. The number of benzene rings is 1. The molecule has 27 heavy (non-hydrogen) atoms. The van der Waals surface area contributed by atoms with Crippen molar-refractivity contribution >= 4 is 32.9 Å². The SMILES string of the molecule is c1ccc2sc(CN3CCN(Cc4nc(-c5ccsc5)no4)CC3)nc2c1. The van der Waals surface area contributed by atoms with Crippen LogP contribution in [0.1, 0.15) is 10.9 Å². The highest BCUT2D eigenvalue weighted by molar-refractivity contribution is 7.18. The first-order chi connectivity index (χ1) is 13.3. The molecular weight excluding hydrogens is 378 g/mol. The summed E-state index contributed by atoms with van der Waals surface area (Å²) < 4.78 is 6.69. The van der Waals surface area contributed by atoms with E-state index in [1.165, 1.54) is 9.71 Å². The van der Waals surface area contributed by atoms with Gasteiger partial charge in [-0.05, 0) is 23.6 Å². The first kappa shape index (κ1) is 17.0. The van der Waals surface area contributed by atoms with Crippen LogP contribution in [0.4, 0.5) is 0 Å². The molecule has 0 radical (unpaired) electrons. The summed E-state index contributed by atoms with van der Waals surface area (Å²) in [6.07, 6.45) is 0. The third-order valence-electron chi connectivity index (χ3n) is 4.77. The van der Waals surface area contributed by atoms with E-state index in [2.05, 4.69) is 38.1 Å². The van der Waals surface area contributed by atoms with Gasteiger partial charge in [0.1, 0.15) is 5.01 Å². The van der Waals surface area contributed by atoms with Crippen molar-refractivity contribution in [2.24, 2.45) is 0 Å². The van der Waals surface area contributed by atoms with Crippen molar-refractivity contribution in [2.75, 3.05) is 26.2 Å². The van der Waals surface area contributed by atoms with E-state index in [-0.39, 0.29) is 0 Å². The minimum atomic E-state index is 0.681. The standard InChI is InChI=1S/C19H19N5OS2/c1-2-4-16-15(3-1)20-18(27-16)12-24-8-6-23(7-9-24)11-17-21-19(22-25-17)14-5-10-26-13-14/h1-5,10,13H,6-9,11-12H2. The molecule has 0 spiro atoms. The molecule has 138 valence electrons. The van der Waals surface area contributed by atoms with Crippen molar-refractivity contribution < 1.29 is 4.52 Å². The largest absolute Gasteiger partial charge is 0.338 e. The van der Waals surface area contributed by atoms with Gasteiger partial charge in [-0.1, -0.05) is 17.3 Å². The van der Waals surface area contributed by atoms with Crippen LogP contribution in [0.2, 0.25) is 0 Å². The minimum Gasteiger partial charge on any atom is -0.338 e. The Morgan fingerprint density at radius 2 is 1.78 bits per heavy atom. The number of rotatable bonds is 5. The maximum atomic E-state index is 5.43. The number of aromatic nitrogens is 3. The third kappa shape index (κ3) is 3.79. The van der Waals surface area contributed by atoms with Crippen molar-refractivity contribution in [3.05, 3.63) is 52.0 Å². The monoisotopic (exact) mass is 397 g/mol. The number of nitrogens with zero attached hydrogens (tertiary/aromatic N) is 5. The highest BCUT2D eigenvalue weighted by atomic mass is 32.1. The molecule has 1 aliphatic rings. The van der Waals surface area contributed by atoms with E-state index in [9.17, 15) is 0 Å². The van der Waals surface area contributed by atoms with Crippen LogP contribution in [0.15, 0.2) is 45.6 Å². The van der Waals surface area contributed by atoms with Gasteiger partial charge in [-0.2, -0.15) is 16.3 Å². The normalized spacial score (nSPS) is 16.3. The Hall–Kier alpha value is -2.13. The topological polar surface area (TPSA) is 58.3 Å². The summed E-state index contributed by atoms with van der Waals surface area (Å²) >= 11 is 3.44. The molecule has 0 amide bonds. The number of hydrogen-bond donors (Lipinski definition) is 0. The van der Waals surface area contributed by atoms with Crippen molar-refractivity contribution in [1.29, 1.82) is 0 Å². The molecule has 3 aromatic heterocycles. The van der Waals surface area contributed by atoms with E-state index < -0.39 is 0 Å². The van der Waals surface area contributed by atoms with Crippen molar-refractivity contribution in [3.8, 4) is 11.4 Å². The highest BCUT2D eigenvalue weighted by Gasteiger charge is 2.20. The molecule has 0 unspecified atom stereocenters. The third-order valence-corrected chi connectivity index (χ3v) is 6.47. The Balaban J connectivity index is 1.16. The van der Waals surface area contributed by atoms with Crippen molar-refractivity contribution in [2.45, 2.75) is 13.1 Å². The molecule has 0 saturated carbocycles. The molecule has 8 heteroatoms. The maximum absolute atomic E-state index is 5.43. The summed E-state index contributed by atoms with van der Waals surface area (Å²) in [5.41, 5.74) is 2.13. The van der Waals surface area contributed by atoms with Crippen LogP contribution >= 0.6 is 22.7 Å². The summed E-state index contributed by atoms with van der Waals surface area (Å²) in [4.78, 5) is 14.1. The van der Waals surface area contributed by atoms with Gasteiger partial charge in [0.25, 0.3) is 0 Å². The van der Waals surface area contributed by atoms with Gasteiger partial charge >= 0.3 is 0 Å². The Labute approximate surface area is 165 Å². The lowest BCUT2D eigenvalue weighted by Crippen LogP contribution is -2.45. The van der Waals surface area contributed by atoms with E-state index in [1.807, 2.05) is 22.9 Å². The molecule has 1 fully saturated rings. The predicted molar refractivity (Wildman–Crippen MR) is 108 cm³/mol. The van der Waals surface area contributed by atoms with Crippen LogP contribution in [0, 0.1) is 0 Å². The number of thiazole rings is 1. The van der Waals surface area contributed by atoms with Crippen LogP contribution in [0.25, 0.3) is 21.6 Å². The summed E-state index contributed by atoms with van der Waals surface area (Å²) in [5.74, 6) is 1.37. The smallest absolute Gasteiger partial charge is 0.241 e. The van der Waals surface area contributed by atoms with Gasteiger partial charge in [0, 0.05) is 37.1 Å². The minimum absolute atomic E-state index is 0.681. The van der Waals surface area contributed by atoms with E-state index in [1.54, 1.807) is 22.7 Å². The molecule has 1 aliphatic heterocycles. The van der Waals surface area contributed by atoms with Gasteiger partial charge in [-0.25, -0.2) is 4.98 Å². The molecule has 5 rings (SSSR count). The first-order valence-electron chi connectivity index (χ1n) is 8.98. The molecule has 4 aromatic rings. The fourth-order valence-corrected chi connectivity index (χ4v) is 4.95. The van der Waals surface area contributed by atoms with Gasteiger partial charge in [0.2, 0.25) is 11.7 Å². The Morgan fingerprint density at radius 3 is 2.56 bits per heavy atom. The van der Waals surface area contributed by atoms with Crippen LogP contribution in [0.5, 0.6) is 0 Å². The maximum Gasteiger partial charge on any atom is 0.241 e. The molecule has 1 saturated heterocycles. The van der Waals surface area contributed by atoms with Crippen LogP contribution < -0.4 is 0 Å². The fourth-order valence-electron chi connectivity index (χ4n) is 3.30. The number of hydrogen-bond acceptors (Lipinski definition) is 8. The lowest BCUT2D eigenvalue weighted by Gasteiger charge is -2.33. The lowest BCUT2D eigenvalue weighted by molar-refractivity contribution is 0.112. The number of para-hydroxylation sites is 1. The van der Waals surface area contributed by atoms with E-state index in [0.717, 1.165) is 43.8 Å². The number of thiophene rings is 1. The first-order valence-corrected chi connectivity index (χ1v) is 10.7. The molecule has 1 aromatic carbocycles. The summed E-state index contributed by atoms with van der Waals surface area (Å²) in [5, 5.41) is 9.35. The molecule has 0 bridgehead atoms. The molecule has 0 N–H and O–H groups in total. The second-order valence-electron chi connectivity index (χ2n) is 6.65. The van der Waals surface area contributed by atoms with Crippen LogP contribution in [-0.2, 0) is 13.1 Å². The second kappa shape index (κ2) is 7.47. The zero-order chi connectivity index (χ0) is 18.1. The summed E-state index contributed by atoms with van der Waals surface area (Å²) in [7, 11) is 0. The zero-order valence-corrected chi connectivity index (χ0v) is 16.4. The van der Waals surface area contributed by atoms with Gasteiger partial charge in [0.05, 0.1) is 23.3 Å². The summed E-state index contributed by atoms with van der Waals surface area (Å²) in [6.45, 7) is 5.70. The highest BCUT2D eigenvalue weighted by Crippen LogP contribution is 2.23. The van der Waals surface area contributed by atoms with Crippen LogP contribution in [-0.4, -0.2) is 51.1 Å². The van der Waals surface area contributed by atoms with E-state index >= 15 is 0 Å². The zero-order valence-electron chi connectivity index (χ0n) is 14.7. The molecule has 4 heterocycles. The molecule has 0 atom stereocenters. The average Bonchev–Trinajstić information content (AvgIpc) is 3.43. The quantitative estimate of drug-likeness (QED) is 0.511. The second-order valence-corrected chi connectivity index (χ2v) is 8.55. The predicted octanol–water partition coefficient (Wildman–Crippen LogP) is 3.73. The van der Waals surface area contributed by atoms with E-state index in [4.69, 9.17) is 9.51 Å². The van der Waals surface area contributed by atoms with Crippen LogP contribution in [0.3, 0.4) is 0 Å². The molecule has 0 aliphatic carbocycles. The Bertz CT molecular complexity index is 985. The Kier molecular flexibility index (Phi) is 4.71. The van der Waals surface area contributed by atoms with Crippen molar-refractivity contribution in [3.63, 3.8) is 0 Å². The number of fused-ring (bicyclic) bond motifs is 1. The summed E-state index contributed by atoms with van der Waals surface area (Å²) in [6, 6.07) is 10.4. The van der Waals surface area contributed by atoms with Gasteiger partial charge < -0.3 is 4.52 Å². The van der Waals surface area contributed by atoms with Gasteiger partial charge in [0.15, 0.2) is 0 Å².